The summed E-state index contributed by atoms with van der Waals surface area (Å²) in [6, 6.07) is 5.79. The number of halogens is 1. The van der Waals surface area contributed by atoms with E-state index < -0.39 is 5.82 Å². The summed E-state index contributed by atoms with van der Waals surface area (Å²) in [5.41, 5.74) is -0.0324. The molecule has 4 atom stereocenters. The number of nitrogens with zero attached hydrogens (tertiary/aromatic N) is 1. The van der Waals surface area contributed by atoms with Crippen LogP contribution >= 0.6 is 0 Å². The third kappa shape index (κ3) is 6.17. The van der Waals surface area contributed by atoms with Gasteiger partial charge in [0, 0.05) is 6.07 Å². The van der Waals surface area contributed by atoms with Crippen molar-refractivity contribution in [1.82, 2.24) is 0 Å². The van der Waals surface area contributed by atoms with Crippen LogP contribution in [0.1, 0.15) is 102 Å². The number of nitriles is 1. The summed E-state index contributed by atoms with van der Waals surface area (Å²) in [5, 5.41) is 8.84. The monoisotopic (exact) mass is 453 g/mol. The fourth-order valence-electron chi connectivity index (χ4n) is 7.07. The Morgan fingerprint density at radius 3 is 2.33 bits per heavy atom. The largest absolute Gasteiger partial charge is 0.426 e. The van der Waals surface area contributed by atoms with Crippen molar-refractivity contribution < 1.29 is 13.9 Å². The first kappa shape index (κ1) is 24.2. The second-order valence-corrected chi connectivity index (χ2v) is 11.1. The minimum absolute atomic E-state index is 0.0324. The van der Waals surface area contributed by atoms with Crippen LogP contribution in [-0.2, 0) is 4.79 Å². The molecule has 1 aromatic carbocycles. The van der Waals surface area contributed by atoms with E-state index in [-0.39, 0.29) is 23.2 Å². The number of fused-ring (bicyclic) bond motifs is 1. The average Bonchev–Trinajstić information content (AvgIpc) is 2.84. The summed E-state index contributed by atoms with van der Waals surface area (Å²) >= 11 is 0. The van der Waals surface area contributed by atoms with Crippen molar-refractivity contribution in [3.63, 3.8) is 0 Å². The van der Waals surface area contributed by atoms with Gasteiger partial charge in [-0.15, -0.1) is 0 Å². The zero-order valence-electron chi connectivity index (χ0n) is 20.2. The third-order valence-corrected chi connectivity index (χ3v) is 9.03. The molecule has 0 heterocycles. The highest BCUT2D eigenvalue weighted by atomic mass is 19.1. The summed E-state index contributed by atoms with van der Waals surface area (Å²) in [5.74, 6) is 3.72. The Labute approximate surface area is 199 Å². The maximum absolute atomic E-state index is 13.8. The third-order valence-electron chi connectivity index (χ3n) is 9.03. The molecule has 0 radical (unpaired) electrons. The number of esters is 1. The van der Waals surface area contributed by atoms with Crippen molar-refractivity contribution in [3.05, 3.63) is 29.6 Å². The zero-order chi connectivity index (χ0) is 23.2. The predicted octanol–water partition coefficient (Wildman–Crippen LogP) is 7.82. The first-order valence-electron chi connectivity index (χ1n) is 13.5. The van der Waals surface area contributed by atoms with Gasteiger partial charge in [-0.1, -0.05) is 39.0 Å². The van der Waals surface area contributed by atoms with Crippen LogP contribution in [-0.4, -0.2) is 5.97 Å². The standard InChI is InChI=1S/C29H40FNO2/c1-2-3-4-5-20-6-7-25-17-24(13-12-23(25)16-20)21-8-10-22(11-9-21)29(32)33-27-15-14-26(19-31)28(30)18-27/h14-15,18,20-25H,2-13,16-17H2,1H3. The van der Waals surface area contributed by atoms with E-state index in [1.807, 2.05) is 0 Å². The van der Waals surface area contributed by atoms with Crippen LogP contribution in [0.5, 0.6) is 5.75 Å². The van der Waals surface area contributed by atoms with Crippen molar-refractivity contribution in [2.45, 2.75) is 96.8 Å². The molecule has 1 aromatic rings. The van der Waals surface area contributed by atoms with Gasteiger partial charge in [0.15, 0.2) is 0 Å². The van der Waals surface area contributed by atoms with Gasteiger partial charge in [0.25, 0.3) is 0 Å². The zero-order valence-corrected chi connectivity index (χ0v) is 20.2. The molecule has 4 heteroatoms. The maximum Gasteiger partial charge on any atom is 0.314 e. The average molecular weight is 454 g/mol. The Morgan fingerprint density at radius 1 is 0.970 bits per heavy atom. The van der Waals surface area contributed by atoms with E-state index in [4.69, 9.17) is 10.00 Å². The second kappa shape index (κ2) is 11.5. The molecule has 0 aliphatic heterocycles. The topological polar surface area (TPSA) is 50.1 Å². The van der Waals surface area contributed by atoms with Gasteiger partial charge in [0.2, 0.25) is 0 Å². The molecule has 0 N–H and O–H groups in total. The highest BCUT2D eigenvalue weighted by Crippen LogP contribution is 2.49. The normalized spacial score (nSPS) is 31.9. The van der Waals surface area contributed by atoms with E-state index >= 15 is 0 Å². The van der Waals surface area contributed by atoms with E-state index in [2.05, 4.69) is 6.92 Å². The molecule has 3 fully saturated rings. The molecule has 3 aliphatic rings. The van der Waals surface area contributed by atoms with Crippen molar-refractivity contribution >= 4 is 5.97 Å². The minimum Gasteiger partial charge on any atom is -0.426 e. The van der Waals surface area contributed by atoms with E-state index in [1.54, 1.807) is 6.07 Å². The maximum atomic E-state index is 13.8. The molecular formula is C29H40FNO2. The van der Waals surface area contributed by atoms with Crippen LogP contribution < -0.4 is 4.74 Å². The van der Waals surface area contributed by atoms with E-state index in [9.17, 15) is 9.18 Å². The van der Waals surface area contributed by atoms with Gasteiger partial charge in [0.05, 0.1) is 11.5 Å². The predicted molar refractivity (Wildman–Crippen MR) is 128 cm³/mol. The van der Waals surface area contributed by atoms with Crippen molar-refractivity contribution in [2.75, 3.05) is 0 Å². The number of carbonyl (C=O) groups excluding carboxylic acids is 1. The fourth-order valence-corrected chi connectivity index (χ4v) is 7.07. The molecule has 33 heavy (non-hydrogen) atoms. The molecule has 0 saturated heterocycles. The first-order chi connectivity index (χ1) is 16.1. The molecule has 3 aliphatic carbocycles. The lowest BCUT2D eigenvalue weighted by Gasteiger charge is -2.45. The van der Waals surface area contributed by atoms with E-state index in [1.165, 1.54) is 76.3 Å². The van der Waals surface area contributed by atoms with E-state index in [0.29, 0.717) is 0 Å². The highest BCUT2D eigenvalue weighted by molar-refractivity contribution is 5.75. The summed E-state index contributed by atoms with van der Waals surface area (Å²) in [7, 11) is 0. The lowest BCUT2D eigenvalue weighted by atomic mass is 9.60. The van der Waals surface area contributed by atoms with Crippen LogP contribution in [0.3, 0.4) is 0 Å². The fraction of sp³-hybridized carbons (Fsp3) is 0.724. The number of rotatable bonds is 7. The summed E-state index contributed by atoms with van der Waals surface area (Å²) in [6.45, 7) is 2.30. The molecule has 3 nitrogen and oxygen atoms in total. The molecule has 0 amide bonds. The van der Waals surface area contributed by atoms with Gasteiger partial charge in [-0.2, -0.15) is 5.26 Å². The second-order valence-electron chi connectivity index (χ2n) is 11.1. The van der Waals surface area contributed by atoms with Crippen LogP contribution in [0.25, 0.3) is 0 Å². The molecule has 4 unspecified atom stereocenters. The van der Waals surface area contributed by atoms with Gasteiger partial charge in [-0.25, -0.2) is 4.39 Å². The number of hydrogen-bond acceptors (Lipinski definition) is 3. The molecular weight excluding hydrogens is 413 g/mol. The quantitative estimate of drug-likeness (QED) is 0.240. The molecule has 0 bridgehead atoms. The van der Waals surface area contributed by atoms with Crippen LogP contribution in [0, 0.1) is 52.7 Å². The number of ether oxygens (including phenoxy) is 1. The van der Waals surface area contributed by atoms with Crippen LogP contribution in [0.4, 0.5) is 4.39 Å². The van der Waals surface area contributed by atoms with Gasteiger partial charge in [-0.3, -0.25) is 4.79 Å². The SMILES string of the molecule is CCCCCC1CCC2CC(C3CCC(C(=O)Oc4ccc(C#N)c(F)c4)CC3)CCC2C1. The molecule has 0 aromatic heterocycles. The number of benzene rings is 1. The molecule has 0 spiro atoms. The molecule has 180 valence electrons. The van der Waals surface area contributed by atoms with Crippen molar-refractivity contribution in [3.8, 4) is 11.8 Å². The Kier molecular flexibility index (Phi) is 8.45. The lowest BCUT2D eigenvalue weighted by molar-refractivity contribution is -0.140. The van der Waals surface area contributed by atoms with Crippen LogP contribution in [0.2, 0.25) is 0 Å². The van der Waals surface area contributed by atoms with Crippen molar-refractivity contribution in [1.29, 1.82) is 5.26 Å². The Hall–Kier alpha value is -1.89. The molecule has 4 rings (SSSR count). The Bertz CT molecular complexity index is 839. The van der Waals surface area contributed by atoms with Crippen LogP contribution in [0.15, 0.2) is 18.2 Å². The Morgan fingerprint density at radius 2 is 1.64 bits per heavy atom. The lowest BCUT2D eigenvalue weighted by Crippen LogP contribution is -2.35. The van der Waals surface area contributed by atoms with Gasteiger partial charge in [0.1, 0.15) is 17.6 Å². The number of hydrogen-bond donors (Lipinski definition) is 0. The van der Waals surface area contributed by atoms with E-state index in [0.717, 1.165) is 61.3 Å². The van der Waals surface area contributed by atoms with Gasteiger partial charge in [-0.05, 0) is 99.5 Å². The smallest absolute Gasteiger partial charge is 0.314 e. The molecule has 3 saturated carbocycles. The number of unbranched alkanes of at least 4 members (excludes halogenated alkanes) is 2. The first-order valence-corrected chi connectivity index (χ1v) is 13.5. The Balaban J connectivity index is 1.21. The minimum atomic E-state index is -0.642. The van der Waals surface area contributed by atoms with Gasteiger partial charge < -0.3 is 4.74 Å². The van der Waals surface area contributed by atoms with Gasteiger partial charge >= 0.3 is 5.97 Å². The summed E-state index contributed by atoms with van der Waals surface area (Å²) < 4.78 is 19.2. The van der Waals surface area contributed by atoms with Crippen molar-refractivity contribution in [2.24, 2.45) is 35.5 Å². The summed E-state index contributed by atoms with van der Waals surface area (Å²) in [4.78, 5) is 12.6. The highest BCUT2D eigenvalue weighted by Gasteiger charge is 2.39. The number of carbonyl (C=O) groups is 1. The summed E-state index contributed by atoms with van der Waals surface area (Å²) in [6.07, 6.45) is 18.2.